The second kappa shape index (κ2) is 4.72. The van der Waals surface area contributed by atoms with Gasteiger partial charge in [-0.05, 0) is 19.1 Å². The summed E-state index contributed by atoms with van der Waals surface area (Å²) in [5.41, 5.74) is 0. The van der Waals surface area contributed by atoms with E-state index >= 15 is 0 Å². The molecule has 1 aromatic heterocycles. The average molecular weight is 259 g/mol. The van der Waals surface area contributed by atoms with Crippen molar-refractivity contribution in [2.75, 3.05) is 0 Å². The number of rotatable bonds is 3. The topological polar surface area (TPSA) is 48.2 Å². The second-order valence-corrected chi connectivity index (χ2v) is 3.94. The van der Waals surface area contributed by atoms with Crippen LogP contribution in [0.5, 0.6) is 5.75 Å². The van der Waals surface area contributed by atoms with Crippen molar-refractivity contribution in [3.63, 3.8) is 0 Å². The van der Waals surface area contributed by atoms with E-state index in [1.807, 2.05) is 0 Å². The number of hydrogen-bond acceptors (Lipinski definition) is 4. The van der Waals surface area contributed by atoms with Crippen molar-refractivity contribution in [2.24, 2.45) is 0 Å². The Morgan fingerprint density at radius 2 is 2.19 bits per heavy atom. The Morgan fingerprint density at radius 1 is 1.38 bits per heavy atom. The molecule has 84 valence electrons. The number of ether oxygens (including phenoxy) is 1. The molecule has 0 unspecified atom stereocenters. The van der Waals surface area contributed by atoms with Gasteiger partial charge in [-0.15, -0.1) is 0 Å². The van der Waals surface area contributed by atoms with E-state index in [9.17, 15) is 0 Å². The molecule has 0 bridgehead atoms. The number of halogens is 2. The molecule has 2 aromatic rings. The fraction of sp³-hybridized carbons (Fsp3) is 0.200. The van der Waals surface area contributed by atoms with Crippen LogP contribution in [0.2, 0.25) is 10.0 Å². The van der Waals surface area contributed by atoms with E-state index in [1.54, 1.807) is 25.1 Å². The van der Waals surface area contributed by atoms with Crippen molar-refractivity contribution in [3.05, 3.63) is 40.0 Å². The van der Waals surface area contributed by atoms with E-state index in [1.165, 1.54) is 0 Å². The van der Waals surface area contributed by atoms with Gasteiger partial charge in [0.05, 0.1) is 5.02 Å². The van der Waals surface area contributed by atoms with Crippen LogP contribution in [-0.2, 0) is 6.61 Å². The SMILES string of the molecule is Cc1noc(COc2cc(Cl)ccc2Cl)n1. The molecule has 2 rings (SSSR count). The van der Waals surface area contributed by atoms with Gasteiger partial charge in [0.15, 0.2) is 12.4 Å². The molecular formula is C10H8Cl2N2O2. The predicted molar refractivity (Wildman–Crippen MR) is 59.8 cm³/mol. The van der Waals surface area contributed by atoms with Gasteiger partial charge in [0.1, 0.15) is 5.75 Å². The van der Waals surface area contributed by atoms with Crippen molar-refractivity contribution in [3.8, 4) is 5.75 Å². The van der Waals surface area contributed by atoms with E-state index in [0.717, 1.165) is 0 Å². The molecule has 0 atom stereocenters. The van der Waals surface area contributed by atoms with Gasteiger partial charge in [0, 0.05) is 11.1 Å². The number of nitrogens with zero attached hydrogens (tertiary/aromatic N) is 2. The Labute approximate surface area is 102 Å². The quantitative estimate of drug-likeness (QED) is 0.848. The zero-order valence-electron chi connectivity index (χ0n) is 8.41. The van der Waals surface area contributed by atoms with Crippen molar-refractivity contribution in [2.45, 2.75) is 13.5 Å². The monoisotopic (exact) mass is 258 g/mol. The van der Waals surface area contributed by atoms with Gasteiger partial charge in [0.25, 0.3) is 5.89 Å². The van der Waals surface area contributed by atoms with E-state index in [4.69, 9.17) is 32.5 Å². The van der Waals surface area contributed by atoms with Gasteiger partial charge in [-0.3, -0.25) is 0 Å². The third-order valence-corrected chi connectivity index (χ3v) is 2.36. The molecule has 6 heteroatoms. The van der Waals surface area contributed by atoms with Crippen LogP contribution in [0.3, 0.4) is 0 Å². The predicted octanol–water partition coefficient (Wildman–Crippen LogP) is 3.26. The van der Waals surface area contributed by atoms with Crippen molar-refractivity contribution in [1.82, 2.24) is 10.1 Å². The zero-order chi connectivity index (χ0) is 11.5. The minimum absolute atomic E-state index is 0.168. The summed E-state index contributed by atoms with van der Waals surface area (Å²) in [5.74, 6) is 1.45. The molecule has 0 aliphatic rings. The molecule has 0 fully saturated rings. The lowest BCUT2D eigenvalue weighted by atomic mass is 10.3. The summed E-state index contributed by atoms with van der Waals surface area (Å²) in [5, 5.41) is 4.69. The smallest absolute Gasteiger partial charge is 0.264 e. The summed E-state index contributed by atoms with van der Waals surface area (Å²) in [6.45, 7) is 1.90. The molecule has 0 amide bonds. The zero-order valence-corrected chi connectivity index (χ0v) is 9.92. The minimum Gasteiger partial charge on any atom is -0.482 e. The fourth-order valence-electron chi connectivity index (χ4n) is 1.13. The second-order valence-electron chi connectivity index (χ2n) is 3.10. The molecule has 1 aromatic carbocycles. The lowest BCUT2D eigenvalue weighted by Gasteiger charge is -2.05. The summed E-state index contributed by atoms with van der Waals surface area (Å²) in [6.07, 6.45) is 0. The standard InChI is InChI=1S/C10H8Cl2N2O2/c1-6-13-10(16-14-6)5-15-9-4-7(11)2-3-8(9)12/h2-4H,5H2,1H3. The summed E-state index contributed by atoms with van der Waals surface area (Å²) < 4.78 is 10.3. The Kier molecular flexibility index (Phi) is 3.31. The van der Waals surface area contributed by atoms with E-state index in [0.29, 0.717) is 27.5 Å². The number of hydrogen-bond donors (Lipinski definition) is 0. The summed E-state index contributed by atoms with van der Waals surface area (Å²) in [7, 11) is 0. The molecular weight excluding hydrogens is 251 g/mol. The van der Waals surface area contributed by atoms with Crippen LogP contribution in [0.1, 0.15) is 11.7 Å². The molecule has 0 saturated heterocycles. The first kappa shape index (κ1) is 11.2. The fourth-order valence-corrected chi connectivity index (χ4v) is 1.46. The highest BCUT2D eigenvalue weighted by Gasteiger charge is 2.06. The van der Waals surface area contributed by atoms with Crippen LogP contribution in [0.4, 0.5) is 0 Å². The first-order valence-electron chi connectivity index (χ1n) is 4.52. The van der Waals surface area contributed by atoms with Crippen molar-refractivity contribution < 1.29 is 9.26 Å². The van der Waals surface area contributed by atoms with Gasteiger partial charge in [-0.25, -0.2) is 0 Å². The highest BCUT2D eigenvalue weighted by atomic mass is 35.5. The number of aromatic nitrogens is 2. The van der Waals surface area contributed by atoms with Gasteiger partial charge in [-0.1, -0.05) is 28.4 Å². The van der Waals surface area contributed by atoms with Crippen molar-refractivity contribution in [1.29, 1.82) is 0 Å². The maximum atomic E-state index is 5.92. The highest BCUT2D eigenvalue weighted by Crippen LogP contribution is 2.28. The lowest BCUT2D eigenvalue weighted by Crippen LogP contribution is -1.96. The van der Waals surface area contributed by atoms with Gasteiger partial charge in [-0.2, -0.15) is 4.98 Å². The maximum Gasteiger partial charge on any atom is 0.264 e. The first-order chi connectivity index (χ1) is 7.65. The Balaban J connectivity index is 2.07. The molecule has 0 saturated carbocycles. The Morgan fingerprint density at radius 3 is 2.88 bits per heavy atom. The van der Waals surface area contributed by atoms with Gasteiger partial charge >= 0.3 is 0 Å². The van der Waals surface area contributed by atoms with Crippen LogP contribution in [0.25, 0.3) is 0 Å². The van der Waals surface area contributed by atoms with Crippen LogP contribution >= 0.6 is 23.2 Å². The summed E-state index contributed by atoms with van der Waals surface area (Å²) >= 11 is 11.7. The normalized spacial score (nSPS) is 10.4. The third-order valence-electron chi connectivity index (χ3n) is 1.81. The number of aryl methyl sites for hydroxylation is 1. The average Bonchev–Trinajstić information content (AvgIpc) is 2.66. The minimum atomic E-state index is 0.168. The molecule has 1 heterocycles. The Hall–Kier alpha value is -1.26. The molecule has 0 spiro atoms. The highest BCUT2D eigenvalue weighted by molar-refractivity contribution is 6.34. The third kappa shape index (κ3) is 2.65. The molecule has 16 heavy (non-hydrogen) atoms. The van der Waals surface area contributed by atoms with Gasteiger partial charge < -0.3 is 9.26 Å². The van der Waals surface area contributed by atoms with Gasteiger partial charge in [0.2, 0.25) is 0 Å². The molecule has 0 radical (unpaired) electrons. The maximum absolute atomic E-state index is 5.92. The molecule has 0 aliphatic heterocycles. The van der Waals surface area contributed by atoms with Crippen LogP contribution < -0.4 is 4.74 Å². The largest absolute Gasteiger partial charge is 0.482 e. The van der Waals surface area contributed by atoms with E-state index in [2.05, 4.69) is 10.1 Å². The molecule has 0 N–H and O–H groups in total. The van der Waals surface area contributed by atoms with Crippen LogP contribution in [-0.4, -0.2) is 10.1 Å². The number of benzene rings is 1. The lowest BCUT2D eigenvalue weighted by molar-refractivity contribution is 0.242. The van der Waals surface area contributed by atoms with E-state index in [-0.39, 0.29) is 6.61 Å². The summed E-state index contributed by atoms with van der Waals surface area (Å²) in [6, 6.07) is 4.99. The van der Waals surface area contributed by atoms with Crippen LogP contribution in [0, 0.1) is 6.92 Å². The van der Waals surface area contributed by atoms with E-state index < -0.39 is 0 Å². The summed E-state index contributed by atoms with van der Waals surface area (Å²) in [4.78, 5) is 4.00. The first-order valence-corrected chi connectivity index (χ1v) is 5.28. The van der Waals surface area contributed by atoms with Crippen molar-refractivity contribution >= 4 is 23.2 Å². The molecule has 4 nitrogen and oxygen atoms in total. The molecule has 0 aliphatic carbocycles. The van der Waals surface area contributed by atoms with Crippen LogP contribution in [0.15, 0.2) is 22.7 Å². The Bertz CT molecular complexity index is 499.